The summed E-state index contributed by atoms with van der Waals surface area (Å²) in [6.45, 7) is 2.55. The fraction of sp³-hybridized carbons (Fsp3) is 0.337. The van der Waals surface area contributed by atoms with Gasteiger partial charge in [-0.15, -0.1) is 0 Å². The molecule has 1 N–H and O–H groups in total. The molecular weight excluding hydrogens is 1270 g/mol. The maximum Gasteiger partial charge on any atom is 0.303 e. The Morgan fingerprint density at radius 2 is 0.500 bits per heavy atom. The van der Waals surface area contributed by atoms with Crippen molar-refractivity contribution in [2.45, 2.75) is 159 Å². The van der Waals surface area contributed by atoms with Crippen molar-refractivity contribution in [3.63, 3.8) is 0 Å². The molecule has 3 aliphatic rings. The lowest BCUT2D eigenvalue weighted by atomic mass is 9.95. The number of hydrogen-bond donors (Lipinski definition) is 1. The van der Waals surface area contributed by atoms with E-state index in [2.05, 4.69) is 0 Å². The first-order chi connectivity index (χ1) is 49.3. The molecule has 522 valence electrons. The van der Waals surface area contributed by atoms with Crippen molar-refractivity contribution < 1.29 is 81.0 Å². The average molecular weight is 1360 g/mol. The number of carbonyl (C=O) groups excluding carboxylic acids is 1. The number of ether oxygens (including phenoxy) is 15. The number of benzene rings is 9. The van der Waals surface area contributed by atoms with Crippen molar-refractivity contribution in [1.82, 2.24) is 0 Å². The summed E-state index contributed by atoms with van der Waals surface area (Å²) in [7, 11) is 0. The van der Waals surface area contributed by atoms with Crippen LogP contribution in [0.1, 0.15) is 57.0 Å². The van der Waals surface area contributed by atoms with E-state index in [1.165, 1.54) is 6.92 Å². The Labute approximate surface area is 585 Å². The summed E-state index contributed by atoms with van der Waals surface area (Å²) in [5.74, 6) is -0.648. The van der Waals surface area contributed by atoms with Crippen LogP contribution in [0.5, 0.6) is 0 Å². The summed E-state index contributed by atoms with van der Waals surface area (Å²) in [6.07, 6.45) is -18.0. The van der Waals surface area contributed by atoms with Crippen LogP contribution in [0.15, 0.2) is 273 Å². The lowest BCUT2D eigenvalue weighted by Gasteiger charge is -2.51. The molecule has 100 heavy (non-hydrogen) atoms. The molecule has 0 bridgehead atoms. The first kappa shape index (κ1) is 71.7. The van der Waals surface area contributed by atoms with Gasteiger partial charge in [0.2, 0.25) is 0 Å². The normalized spacial score (nSPS) is 25.2. The first-order valence-electron chi connectivity index (χ1n) is 34.2. The highest BCUT2D eigenvalue weighted by molar-refractivity contribution is 5.66. The van der Waals surface area contributed by atoms with Crippen molar-refractivity contribution in [1.29, 1.82) is 0 Å². The van der Waals surface area contributed by atoms with Crippen LogP contribution in [0.25, 0.3) is 0 Å². The molecule has 0 saturated carbocycles. The number of rotatable bonds is 35. The van der Waals surface area contributed by atoms with Gasteiger partial charge in [-0.1, -0.05) is 273 Å². The van der Waals surface area contributed by atoms with Crippen LogP contribution in [-0.2, 0) is 135 Å². The molecule has 0 radical (unpaired) electrons. The monoisotopic (exact) mass is 1360 g/mol. The number of carbonyl (C=O) groups is 1. The molecule has 0 spiro atoms. The minimum Gasteiger partial charge on any atom is -0.454 e. The molecule has 3 aliphatic heterocycles. The van der Waals surface area contributed by atoms with Crippen LogP contribution < -0.4 is 0 Å². The van der Waals surface area contributed by atoms with E-state index >= 15 is 0 Å². The number of aliphatic hydroxyl groups is 1. The Bertz CT molecular complexity index is 3730. The van der Waals surface area contributed by atoms with E-state index in [1.54, 1.807) is 0 Å². The molecule has 17 nitrogen and oxygen atoms in total. The Balaban J connectivity index is 0.975. The van der Waals surface area contributed by atoms with Gasteiger partial charge in [0.25, 0.3) is 0 Å². The van der Waals surface area contributed by atoms with Gasteiger partial charge in [-0.2, -0.15) is 0 Å². The predicted octanol–water partition coefficient (Wildman–Crippen LogP) is 13.0. The average Bonchev–Trinajstić information content (AvgIpc) is 0.763. The fourth-order valence-electron chi connectivity index (χ4n) is 12.6. The van der Waals surface area contributed by atoms with Crippen LogP contribution >= 0.6 is 0 Å². The summed E-state index contributed by atoms with van der Waals surface area (Å²) in [5, 5.41) is 12.9. The van der Waals surface area contributed by atoms with E-state index in [4.69, 9.17) is 71.1 Å². The van der Waals surface area contributed by atoms with Gasteiger partial charge in [-0.3, -0.25) is 4.79 Å². The zero-order valence-corrected chi connectivity index (χ0v) is 56.1. The van der Waals surface area contributed by atoms with E-state index < -0.39 is 98.1 Å². The second-order valence-electron chi connectivity index (χ2n) is 25.0. The third-order valence-corrected chi connectivity index (χ3v) is 17.6. The van der Waals surface area contributed by atoms with Crippen LogP contribution in [0.3, 0.4) is 0 Å². The molecule has 3 heterocycles. The van der Waals surface area contributed by atoms with Crippen molar-refractivity contribution >= 4 is 5.97 Å². The van der Waals surface area contributed by atoms with Gasteiger partial charge >= 0.3 is 5.97 Å². The summed E-state index contributed by atoms with van der Waals surface area (Å²) < 4.78 is 105. The molecule has 0 aromatic heterocycles. The van der Waals surface area contributed by atoms with Gasteiger partial charge in [0.1, 0.15) is 67.1 Å². The topological polar surface area (TPSA) is 176 Å². The predicted molar refractivity (Wildman–Crippen MR) is 372 cm³/mol. The van der Waals surface area contributed by atoms with Gasteiger partial charge in [-0.25, -0.2) is 0 Å². The van der Waals surface area contributed by atoms with Gasteiger partial charge < -0.3 is 76.2 Å². The van der Waals surface area contributed by atoms with E-state index in [1.807, 2.05) is 273 Å². The smallest absolute Gasteiger partial charge is 0.303 e. The second kappa shape index (κ2) is 38.0. The maximum atomic E-state index is 14.0. The Morgan fingerprint density at radius 1 is 0.280 bits per heavy atom. The molecule has 0 amide bonds. The van der Waals surface area contributed by atoms with Crippen molar-refractivity contribution in [2.75, 3.05) is 19.8 Å². The van der Waals surface area contributed by atoms with E-state index in [0.29, 0.717) is 0 Å². The summed E-state index contributed by atoms with van der Waals surface area (Å²) in [6, 6.07) is 88.0. The van der Waals surface area contributed by atoms with Crippen LogP contribution in [0.4, 0.5) is 0 Å². The summed E-state index contributed by atoms with van der Waals surface area (Å²) in [4.78, 5) is 14.0. The number of aliphatic hydroxyl groups excluding tert-OH is 1. The lowest BCUT2D eigenvalue weighted by molar-refractivity contribution is -0.402. The van der Waals surface area contributed by atoms with Crippen LogP contribution in [0.2, 0.25) is 0 Å². The largest absolute Gasteiger partial charge is 0.454 e. The van der Waals surface area contributed by atoms with E-state index in [9.17, 15) is 9.90 Å². The summed E-state index contributed by atoms with van der Waals surface area (Å²) in [5.41, 5.74) is 7.99. The zero-order valence-electron chi connectivity index (χ0n) is 56.1. The molecule has 17 heteroatoms. The van der Waals surface area contributed by atoms with Crippen molar-refractivity contribution in [3.8, 4) is 0 Å². The Kier molecular flexibility index (Phi) is 27.3. The Morgan fingerprint density at radius 3 is 0.780 bits per heavy atom. The standard InChI is InChI=1S/C83H88O17/c1-59(84)95-79-76(93-54-67-43-25-9-26-44-67)73(90-51-64-37-19-6-20-38-64)70(57-87-48-61-31-13-3-14-32-61)97-82(79)100-80-77(94-55-68-45-27-10-28-46-68)74(91-52-65-39-21-7-22-40-65)71(58-88-49-62-33-15-4-16-34-62)98-83(80)99-78-75(92-53-66-41-23-8-24-42-66)72(89-50-63-35-17-5-18-36-63)69(96-81(78)85)56-86-47-60-29-11-2-12-30-60/h2-46,69-83,85H,47-58H2,1H3/t69-,70-,71-,72-,73-,74-,75+,76+,77+,78+,79+,80+,81?,82+,83+/m1/s1. The molecule has 0 aliphatic carbocycles. The van der Waals surface area contributed by atoms with Gasteiger partial charge in [0.15, 0.2) is 25.0 Å². The van der Waals surface area contributed by atoms with Crippen molar-refractivity contribution in [3.05, 3.63) is 323 Å². The highest BCUT2D eigenvalue weighted by Gasteiger charge is 2.58. The first-order valence-corrected chi connectivity index (χ1v) is 34.2. The minimum atomic E-state index is -1.71. The van der Waals surface area contributed by atoms with Gasteiger partial charge in [-0.05, 0) is 50.1 Å². The zero-order chi connectivity index (χ0) is 68.3. The highest BCUT2D eigenvalue weighted by atomic mass is 16.8. The van der Waals surface area contributed by atoms with E-state index in [0.717, 1.165) is 50.1 Å². The molecule has 12 rings (SSSR count). The number of esters is 1. The molecule has 9 aromatic rings. The third-order valence-electron chi connectivity index (χ3n) is 17.6. The van der Waals surface area contributed by atoms with Crippen molar-refractivity contribution in [2.24, 2.45) is 0 Å². The SMILES string of the molecule is CC(=O)O[C@@H]1[C@H](O[C@@H]2[C@H](O[C@@H]3C(O)O[C@H](COCc4ccccc4)[C@@H](OCc4ccccc4)[C@@H]3OCc3ccccc3)O[C@H](COCc3ccccc3)[C@@H](OCc3ccccc3)[C@@H]2OCc2ccccc2)O[C@H](COCc2ccccc2)[C@@H](OCc2ccccc2)[C@@H]1OCc1ccccc1. The molecule has 1 unspecified atom stereocenters. The molecule has 3 fully saturated rings. The Hall–Kier alpha value is -8.15. The van der Waals surface area contributed by atoms with Gasteiger partial charge in [0.05, 0.1) is 79.3 Å². The quantitative estimate of drug-likeness (QED) is 0.0371. The molecule has 3 saturated heterocycles. The number of hydrogen-bond acceptors (Lipinski definition) is 17. The van der Waals surface area contributed by atoms with E-state index in [-0.39, 0.29) is 79.3 Å². The second-order valence-corrected chi connectivity index (χ2v) is 25.0. The minimum absolute atomic E-state index is 0.00199. The van der Waals surface area contributed by atoms with Crippen LogP contribution in [0, 0.1) is 0 Å². The third kappa shape index (κ3) is 21.0. The maximum absolute atomic E-state index is 14.0. The molecule has 9 aromatic carbocycles. The summed E-state index contributed by atoms with van der Waals surface area (Å²) >= 11 is 0. The molecule has 15 atom stereocenters. The fourth-order valence-corrected chi connectivity index (χ4v) is 12.6. The lowest BCUT2D eigenvalue weighted by Crippen LogP contribution is -2.68. The van der Waals surface area contributed by atoms with Gasteiger partial charge in [0, 0.05) is 6.92 Å². The highest BCUT2D eigenvalue weighted by Crippen LogP contribution is 2.40. The van der Waals surface area contributed by atoms with Crippen LogP contribution in [-0.4, -0.2) is 123 Å². The molecular formula is C83H88O17.